The van der Waals surface area contributed by atoms with Crippen LogP contribution in [0.1, 0.15) is 31.2 Å². The Morgan fingerprint density at radius 3 is 2.54 bits per heavy atom. The van der Waals surface area contributed by atoms with Crippen molar-refractivity contribution in [3.63, 3.8) is 0 Å². The number of aromatic nitrogens is 4. The minimum absolute atomic E-state index is 0.117. The maximum Gasteiger partial charge on any atom is 0.264 e. The molecule has 4 aromatic rings. The Hall–Kier alpha value is -3.82. The minimum Gasteiger partial charge on any atom is -0.392 e. The highest BCUT2D eigenvalue weighted by Gasteiger charge is 2.39. The van der Waals surface area contributed by atoms with E-state index in [4.69, 9.17) is 0 Å². The summed E-state index contributed by atoms with van der Waals surface area (Å²) < 4.78 is 3.02. The number of hydrogen-bond donors (Lipinski definition) is 2. The highest BCUT2D eigenvalue weighted by atomic mass is 16.3. The summed E-state index contributed by atoms with van der Waals surface area (Å²) in [6, 6.07) is 15.5. The molecule has 190 valence electrons. The van der Waals surface area contributed by atoms with E-state index in [0.717, 1.165) is 29.5 Å². The number of piperidine rings is 1. The van der Waals surface area contributed by atoms with Gasteiger partial charge in [0.25, 0.3) is 5.56 Å². The quantitative estimate of drug-likeness (QED) is 0.422. The standard InChI is InChI=1S/C28H29N5O4/c34-16-21-14-22(8-9-23(21)19-4-2-1-3-5-19)33-25-24(15-30-33)27(36)32(18-29-25)17-28(37)10-12-31(13-11-28)26(35)20-6-7-20/h1-5,8-9,14-15,18,20,34,37H,6-7,10-13,16-17H2. The number of fused-ring (bicyclic) bond motifs is 1. The molecule has 3 heterocycles. The molecule has 0 bridgehead atoms. The predicted molar refractivity (Wildman–Crippen MR) is 138 cm³/mol. The number of aliphatic hydroxyl groups is 2. The molecule has 1 saturated carbocycles. The van der Waals surface area contributed by atoms with Crippen LogP contribution in [0.5, 0.6) is 0 Å². The van der Waals surface area contributed by atoms with Crippen LogP contribution in [-0.2, 0) is 17.9 Å². The summed E-state index contributed by atoms with van der Waals surface area (Å²) in [5, 5.41) is 25.9. The molecule has 0 radical (unpaired) electrons. The molecule has 1 saturated heterocycles. The van der Waals surface area contributed by atoms with Gasteiger partial charge in [-0.05, 0) is 54.5 Å². The van der Waals surface area contributed by atoms with Crippen molar-refractivity contribution in [1.29, 1.82) is 0 Å². The summed E-state index contributed by atoms with van der Waals surface area (Å²) in [5.74, 6) is 0.357. The van der Waals surface area contributed by atoms with E-state index in [1.54, 1.807) is 4.68 Å². The molecule has 2 fully saturated rings. The third-order valence-electron chi connectivity index (χ3n) is 7.54. The van der Waals surface area contributed by atoms with Gasteiger partial charge in [0.05, 0.1) is 30.6 Å². The molecule has 2 aromatic heterocycles. The summed E-state index contributed by atoms with van der Waals surface area (Å²) >= 11 is 0. The van der Waals surface area contributed by atoms with Crippen LogP contribution in [0.3, 0.4) is 0 Å². The number of hydrogen-bond acceptors (Lipinski definition) is 6. The van der Waals surface area contributed by atoms with Crippen molar-refractivity contribution in [1.82, 2.24) is 24.2 Å². The second-order valence-corrected chi connectivity index (χ2v) is 10.2. The first-order chi connectivity index (χ1) is 18.0. The second kappa shape index (κ2) is 9.24. The molecule has 2 aromatic carbocycles. The molecule has 9 heteroatoms. The zero-order valence-electron chi connectivity index (χ0n) is 20.5. The lowest BCUT2D eigenvalue weighted by Crippen LogP contribution is -2.50. The van der Waals surface area contributed by atoms with E-state index in [0.29, 0.717) is 42.7 Å². The topological polar surface area (TPSA) is 113 Å². The monoisotopic (exact) mass is 499 g/mol. The Morgan fingerprint density at radius 2 is 1.84 bits per heavy atom. The normalized spacial score (nSPS) is 17.3. The summed E-state index contributed by atoms with van der Waals surface area (Å²) in [7, 11) is 0. The lowest BCUT2D eigenvalue weighted by atomic mass is 9.91. The molecule has 6 rings (SSSR count). The first-order valence-corrected chi connectivity index (χ1v) is 12.7. The largest absolute Gasteiger partial charge is 0.392 e. The summed E-state index contributed by atoms with van der Waals surface area (Å²) in [6.07, 6.45) is 5.72. The number of amides is 1. The molecule has 1 aliphatic carbocycles. The van der Waals surface area contributed by atoms with E-state index in [1.807, 2.05) is 53.4 Å². The van der Waals surface area contributed by atoms with Crippen LogP contribution >= 0.6 is 0 Å². The van der Waals surface area contributed by atoms with Gasteiger partial charge in [0.15, 0.2) is 5.65 Å². The molecular weight excluding hydrogens is 470 g/mol. The zero-order valence-corrected chi connectivity index (χ0v) is 20.5. The average molecular weight is 500 g/mol. The molecule has 1 amide bonds. The van der Waals surface area contributed by atoms with Crippen LogP contribution in [0.15, 0.2) is 65.8 Å². The van der Waals surface area contributed by atoms with Crippen molar-refractivity contribution in [2.45, 2.75) is 44.4 Å². The lowest BCUT2D eigenvalue weighted by Gasteiger charge is -2.38. The number of aliphatic hydroxyl groups excluding tert-OH is 1. The van der Waals surface area contributed by atoms with Crippen molar-refractivity contribution in [3.05, 3.63) is 77.0 Å². The highest BCUT2D eigenvalue weighted by Crippen LogP contribution is 2.33. The predicted octanol–water partition coefficient (Wildman–Crippen LogP) is 2.50. The highest BCUT2D eigenvalue weighted by molar-refractivity contribution is 5.81. The fourth-order valence-electron chi connectivity index (χ4n) is 5.20. The fraction of sp³-hybridized carbons (Fsp3) is 0.357. The number of nitrogens with zero attached hydrogens (tertiary/aromatic N) is 5. The first kappa shape index (κ1) is 23.6. The van der Waals surface area contributed by atoms with Crippen LogP contribution in [0.25, 0.3) is 27.8 Å². The van der Waals surface area contributed by atoms with E-state index >= 15 is 0 Å². The van der Waals surface area contributed by atoms with E-state index in [9.17, 15) is 19.8 Å². The minimum atomic E-state index is -1.07. The smallest absolute Gasteiger partial charge is 0.264 e. The van der Waals surface area contributed by atoms with Gasteiger partial charge in [-0.15, -0.1) is 0 Å². The SMILES string of the molecule is O=C(C1CC1)N1CCC(O)(Cn2cnc3c(cnn3-c3ccc(-c4ccccc4)c(CO)c3)c2=O)CC1. The first-order valence-electron chi connectivity index (χ1n) is 12.7. The third kappa shape index (κ3) is 4.45. The van der Waals surface area contributed by atoms with Gasteiger partial charge in [-0.3, -0.25) is 14.2 Å². The Labute approximate surface area is 213 Å². The van der Waals surface area contributed by atoms with Crippen molar-refractivity contribution in [2.75, 3.05) is 13.1 Å². The second-order valence-electron chi connectivity index (χ2n) is 10.2. The van der Waals surface area contributed by atoms with Gasteiger partial charge in [0, 0.05) is 19.0 Å². The van der Waals surface area contributed by atoms with Crippen molar-refractivity contribution in [3.8, 4) is 16.8 Å². The number of rotatable bonds is 6. The molecule has 0 unspecified atom stereocenters. The number of carbonyl (C=O) groups is 1. The molecule has 0 spiro atoms. The molecule has 1 aliphatic heterocycles. The van der Waals surface area contributed by atoms with Crippen LogP contribution in [0.2, 0.25) is 0 Å². The van der Waals surface area contributed by atoms with Crippen molar-refractivity contribution in [2.24, 2.45) is 5.92 Å². The van der Waals surface area contributed by atoms with E-state index in [-0.39, 0.29) is 30.5 Å². The van der Waals surface area contributed by atoms with E-state index < -0.39 is 5.60 Å². The maximum absolute atomic E-state index is 13.3. The Bertz CT molecular complexity index is 1510. The fourth-order valence-corrected chi connectivity index (χ4v) is 5.20. The van der Waals surface area contributed by atoms with E-state index in [1.165, 1.54) is 17.1 Å². The number of benzene rings is 2. The summed E-state index contributed by atoms with van der Waals surface area (Å²) in [6.45, 7) is 0.978. The summed E-state index contributed by atoms with van der Waals surface area (Å²) in [5.41, 5.74) is 2.43. The Morgan fingerprint density at radius 1 is 1.08 bits per heavy atom. The molecule has 9 nitrogen and oxygen atoms in total. The van der Waals surface area contributed by atoms with Gasteiger partial charge in [-0.1, -0.05) is 36.4 Å². The van der Waals surface area contributed by atoms with Crippen molar-refractivity contribution < 1.29 is 15.0 Å². The Balaban J connectivity index is 1.25. The molecule has 0 atom stereocenters. The van der Waals surface area contributed by atoms with Crippen LogP contribution in [0.4, 0.5) is 0 Å². The molecule has 2 N–H and O–H groups in total. The van der Waals surface area contributed by atoms with Gasteiger partial charge in [0.2, 0.25) is 5.91 Å². The molecule has 37 heavy (non-hydrogen) atoms. The van der Waals surface area contributed by atoms with Gasteiger partial charge in [-0.2, -0.15) is 5.10 Å². The summed E-state index contributed by atoms with van der Waals surface area (Å²) in [4.78, 5) is 32.0. The van der Waals surface area contributed by atoms with Gasteiger partial charge >= 0.3 is 0 Å². The lowest BCUT2D eigenvalue weighted by molar-refractivity contribution is -0.137. The molecular formula is C28H29N5O4. The van der Waals surface area contributed by atoms with Gasteiger partial charge < -0.3 is 15.1 Å². The Kier molecular flexibility index (Phi) is 5.89. The maximum atomic E-state index is 13.3. The van der Waals surface area contributed by atoms with Crippen molar-refractivity contribution >= 4 is 16.9 Å². The average Bonchev–Trinajstić information content (AvgIpc) is 3.69. The van der Waals surface area contributed by atoms with Gasteiger partial charge in [0.1, 0.15) is 11.7 Å². The molecule has 2 aliphatic rings. The van der Waals surface area contributed by atoms with Crippen LogP contribution < -0.4 is 5.56 Å². The number of likely N-dealkylation sites (tertiary alicyclic amines) is 1. The third-order valence-corrected chi connectivity index (χ3v) is 7.54. The van der Waals surface area contributed by atoms with Crippen LogP contribution in [-0.4, -0.2) is 59.0 Å². The number of carbonyl (C=O) groups excluding carboxylic acids is 1. The van der Waals surface area contributed by atoms with Crippen LogP contribution in [0, 0.1) is 5.92 Å². The van der Waals surface area contributed by atoms with Gasteiger partial charge in [-0.25, -0.2) is 9.67 Å². The van der Waals surface area contributed by atoms with E-state index in [2.05, 4.69) is 10.1 Å². The zero-order chi connectivity index (χ0) is 25.6.